The highest BCUT2D eigenvalue weighted by atomic mass is 16.1. The van der Waals surface area contributed by atoms with Crippen molar-refractivity contribution in [2.24, 2.45) is 0 Å². The largest absolute Gasteiger partial charge is 0.315 e. The molecule has 4 aromatic heterocycles. The third-order valence-electron chi connectivity index (χ3n) is 5.11. The number of hydrogen-bond donors (Lipinski definition) is 1. The standard InChI is InChI=1S/C20H20N8O/c1-13-8-22-12-17(25-13)16-7-18-14(9-23-16)10-24-28(18)19-4-5-20(29)27(26-19)15-3-2-6-21-11-15/h4-5,7-10,12,15,21H,2-3,6,11H2,1H3. The summed E-state index contributed by atoms with van der Waals surface area (Å²) in [6.07, 6.45) is 8.87. The fourth-order valence-electron chi connectivity index (χ4n) is 3.66. The second-order valence-corrected chi connectivity index (χ2v) is 7.20. The van der Waals surface area contributed by atoms with Gasteiger partial charge in [0, 0.05) is 30.4 Å². The van der Waals surface area contributed by atoms with Crippen molar-refractivity contribution in [2.75, 3.05) is 13.1 Å². The van der Waals surface area contributed by atoms with Crippen LogP contribution in [0.25, 0.3) is 28.1 Å². The van der Waals surface area contributed by atoms with E-state index in [4.69, 9.17) is 0 Å². The van der Waals surface area contributed by atoms with Crippen molar-refractivity contribution in [3.63, 3.8) is 0 Å². The van der Waals surface area contributed by atoms with Gasteiger partial charge in [-0.3, -0.25) is 14.8 Å². The molecule has 0 spiro atoms. The van der Waals surface area contributed by atoms with Gasteiger partial charge in [-0.25, -0.2) is 14.3 Å². The van der Waals surface area contributed by atoms with E-state index < -0.39 is 0 Å². The molecule has 1 saturated heterocycles. The first-order chi connectivity index (χ1) is 14.2. The molecule has 9 nitrogen and oxygen atoms in total. The maximum atomic E-state index is 12.4. The highest BCUT2D eigenvalue weighted by Gasteiger charge is 2.18. The van der Waals surface area contributed by atoms with Crippen molar-refractivity contribution in [1.29, 1.82) is 0 Å². The van der Waals surface area contributed by atoms with Crippen LogP contribution >= 0.6 is 0 Å². The average molecular weight is 388 g/mol. The van der Waals surface area contributed by atoms with Crippen LogP contribution in [0, 0.1) is 6.92 Å². The molecule has 9 heteroatoms. The number of pyridine rings is 1. The summed E-state index contributed by atoms with van der Waals surface area (Å²) in [6, 6.07) is 5.23. The molecule has 1 fully saturated rings. The van der Waals surface area contributed by atoms with Gasteiger partial charge in [-0.05, 0) is 38.4 Å². The van der Waals surface area contributed by atoms with Crippen LogP contribution in [0.2, 0.25) is 0 Å². The number of nitrogens with zero attached hydrogens (tertiary/aromatic N) is 7. The summed E-state index contributed by atoms with van der Waals surface area (Å²) in [5.41, 5.74) is 2.98. The summed E-state index contributed by atoms with van der Waals surface area (Å²) >= 11 is 0. The van der Waals surface area contributed by atoms with Gasteiger partial charge in [-0.1, -0.05) is 0 Å². The summed E-state index contributed by atoms with van der Waals surface area (Å²) in [5.74, 6) is 0.595. The molecular weight excluding hydrogens is 368 g/mol. The van der Waals surface area contributed by atoms with E-state index in [1.54, 1.807) is 46.3 Å². The number of hydrogen-bond acceptors (Lipinski definition) is 7. The Morgan fingerprint density at radius 2 is 2.07 bits per heavy atom. The zero-order valence-electron chi connectivity index (χ0n) is 16.0. The van der Waals surface area contributed by atoms with Crippen molar-refractivity contribution >= 4 is 10.9 Å². The molecule has 0 saturated carbocycles. The lowest BCUT2D eigenvalue weighted by Crippen LogP contribution is -2.37. The van der Waals surface area contributed by atoms with E-state index in [9.17, 15) is 4.79 Å². The molecule has 1 unspecified atom stereocenters. The van der Waals surface area contributed by atoms with Gasteiger partial charge in [-0.2, -0.15) is 5.10 Å². The first kappa shape index (κ1) is 17.6. The summed E-state index contributed by atoms with van der Waals surface area (Å²) in [5, 5.41) is 13.3. The van der Waals surface area contributed by atoms with Gasteiger partial charge < -0.3 is 5.32 Å². The smallest absolute Gasteiger partial charge is 0.267 e. The van der Waals surface area contributed by atoms with E-state index in [2.05, 4.69) is 30.5 Å². The van der Waals surface area contributed by atoms with Gasteiger partial charge >= 0.3 is 0 Å². The number of fused-ring (bicyclic) bond motifs is 1. The number of rotatable bonds is 3. The first-order valence-corrected chi connectivity index (χ1v) is 9.63. The molecule has 146 valence electrons. The lowest BCUT2D eigenvalue weighted by molar-refractivity contribution is 0.334. The molecule has 0 aliphatic carbocycles. The predicted octanol–water partition coefficient (Wildman–Crippen LogP) is 1.67. The van der Waals surface area contributed by atoms with Crippen molar-refractivity contribution in [3.8, 4) is 17.2 Å². The highest BCUT2D eigenvalue weighted by Crippen LogP contribution is 2.22. The molecule has 1 aliphatic heterocycles. The Labute approximate surface area is 166 Å². The van der Waals surface area contributed by atoms with E-state index in [-0.39, 0.29) is 11.6 Å². The normalized spacial score (nSPS) is 16.9. The Morgan fingerprint density at radius 3 is 2.90 bits per heavy atom. The molecule has 0 radical (unpaired) electrons. The van der Waals surface area contributed by atoms with Crippen molar-refractivity contribution < 1.29 is 0 Å². The van der Waals surface area contributed by atoms with Crippen LogP contribution in [-0.4, -0.2) is 47.6 Å². The molecule has 1 atom stereocenters. The first-order valence-electron chi connectivity index (χ1n) is 9.63. The predicted molar refractivity (Wildman–Crippen MR) is 108 cm³/mol. The maximum Gasteiger partial charge on any atom is 0.267 e. The summed E-state index contributed by atoms with van der Waals surface area (Å²) in [7, 11) is 0. The third-order valence-corrected chi connectivity index (χ3v) is 5.11. The topological polar surface area (TPSA) is 103 Å². The van der Waals surface area contributed by atoms with Gasteiger partial charge in [0.25, 0.3) is 5.56 Å². The molecule has 0 amide bonds. The Bertz CT molecular complexity index is 1240. The van der Waals surface area contributed by atoms with Gasteiger partial charge in [0.05, 0.1) is 35.3 Å². The van der Waals surface area contributed by atoms with Crippen LogP contribution < -0.4 is 10.9 Å². The van der Waals surface area contributed by atoms with Gasteiger partial charge in [-0.15, -0.1) is 5.10 Å². The number of aryl methyl sites for hydroxylation is 1. The SMILES string of the molecule is Cc1cncc(-c2cc3c(cn2)cnn3-c2ccc(=O)n(C3CCCNC3)n2)n1. The number of aromatic nitrogens is 7. The molecule has 5 heterocycles. The highest BCUT2D eigenvalue weighted by molar-refractivity contribution is 5.82. The fraction of sp³-hybridized carbons (Fsp3) is 0.300. The van der Waals surface area contributed by atoms with Crippen molar-refractivity contribution in [2.45, 2.75) is 25.8 Å². The summed E-state index contributed by atoms with van der Waals surface area (Å²) < 4.78 is 3.30. The average Bonchev–Trinajstić information content (AvgIpc) is 3.18. The quantitative estimate of drug-likeness (QED) is 0.569. The molecule has 0 bridgehead atoms. The fourth-order valence-corrected chi connectivity index (χ4v) is 3.66. The molecule has 5 rings (SSSR count). The minimum absolute atomic E-state index is 0.0535. The van der Waals surface area contributed by atoms with Crippen LogP contribution in [0.15, 0.2) is 47.8 Å². The van der Waals surface area contributed by atoms with Crippen molar-refractivity contribution in [1.82, 2.24) is 39.8 Å². The summed E-state index contributed by atoms with van der Waals surface area (Å²) in [4.78, 5) is 25.6. The molecule has 0 aromatic carbocycles. The zero-order chi connectivity index (χ0) is 19.8. The molecule has 4 aromatic rings. The minimum atomic E-state index is -0.101. The molecule has 1 aliphatic rings. The van der Waals surface area contributed by atoms with Crippen LogP contribution in [0.3, 0.4) is 0 Å². The molecular formula is C20H20N8O. The zero-order valence-corrected chi connectivity index (χ0v) is 16.0. The van der Waals surface area contributed by atoms with E-state index in [0.717, 1.165) is 42.5 Å². The second-order valence-electron chi connectivity index (χ2n) is 7.20. The molecule has 29 heavy (non-hydrogen) atoms. The number of nitrogens with one attached hydrogen (secondary N) is 1. The Morgan fingerprint density at radius 1 is 1.14 bits per heavy atom. The lowest BCUT2D eigenvalue weighted by atomic mass is 10.1. The van der Waals surface area contributed by atoms with Gasteiger partial charge in [0.15, 0.2) is 5.82 Å². The Balaban J connectivity index is 1.60. The number of piperidine rings is 1. The van der Waals surface area contributed by atoms with Crippen LogP contribution in [0.4, 0.5) is 0 Å². The van der Waals surface area contributed by atoms with E-state index in [1.807, 2.05) is 13.0 Å². The maximum absolute atomic E-state index is 12.4. The van der Waals surface area contributed by atoms with Crippen LogP contribution in [-0.2, 0) is 0 Å². The Hall–Kier alpha value is -3.46. The van der Waals surface area contributed by atoms with Crippen LogP contribution in [0.5, 0.6) is 0 Å². The van der Waals surface area contributed by atoms with Gasteiger partial charge in [0.2, 0.25) is 0 Å². The lowest BCUT2D eigenvalue weighted by Gasteiger charge is -2.23. The third kappa shape index (κ3) is 3.29. The minimum Gasteiger partial charge on any atom is -0.315 e. The second kappa shape index (κ2) is 7.17. The Kier molecular flexibility index (Phi) is 4.36. The van der Waals surface area contributed by atoms with Crippen molar-refractivity contribution in [3.05, 3.63) is 59.0 Å². The molecule has 1 N–H and O–H groups in total. The van der Waals surface area contributed by atoms with E-state index in [0.29, 0.717) is 17.2 Å². The van der Waals surface area contributed by atoms with Crippen LogP contribution in [0.1, 0.15) is 24.6 Å². The van der Waals surface area contributed by atoms with E-state index >= 15 is 0 Å². The monoisotopic (exact) mass is 388 g/mol. The summed E-state index contributed by atoms with van der Waals surface area (Å²) in [6.45, 7) is 3.62. The van der Waals surface area contributed by atoms with Gasteiger partial charge in [0.1, 0.15) is 5.69 Å². The van der Waals surface area contributed by atoms with E-state index in [1.165, 1.54) is 0 Å².